The molecule has 1 fully saturated rings. The Bertz CT molecular complexity index is 1120. The molecule has 1 aromatic carbocycles. The summed E-state index contributed by atoms with van der Waals surface area (Å²) in [7, 11) is 0. The van der Waals surface area contributed by atoms with Gasteiger partial charge in [-0.15, -0.1) is 5.10 Å². The minimum absolute atomic E-state index is 0.240. The minimum atomic E-state index is -0.609. The van der Waals surface area contributed by atoms with E-state index in [1.165, 1.54) is 17.4 Å². The van der Waals surface area contributed by atoms with E-state index in [9.17, 15) is 8.78 Å². The monoisotopic (exact) mass is 386 g/mol. The van der Waals surface area contributed by atoms with Crippen LogP contribution in [0.25, 0.3) is 15.9 Å². The Morgan fingerprint density at radius 1 is 1.00 bits per heavy atom. The molecule has 4 aromatic rings. The number of hydrogen-bond acceptors (Lipinski definition) is 6. The summed E-state index contributed by atoms with van der Waals surface area (Å²) in [6, 6.07) is 6.16. The van der Waals surface area contributed by atoms with Crippen molar-refractivity contribution < 1.29 is 8.78 Å². The van der Waals surface area contributed by atoms with Crippen molar-refractivity contribution in [2.45, 2.75) is 6.42 Å². The maximum absolute atomic E-state index is 14.0. The number of halogens is 2. The molecule has 0 aliphatic carbocycles. The van der Waals surface area contributed by atoms with Gasteiger partial charge < -0.3 is 9.80 Å². The highest BCUT2D eigenvalue weighted by atomic mass is 32.1. The van der Waals surface area contributed by atoms with Crippen LogP contribution in [0.4, 0.5) is 19.7 Å². The fourth-order valence-electron chi connectivity index (χ4n) is 3.39. The predicted molar refractivity (Wildman–Crippen MR) is 102 cm³/mol. The molecule has 3 aromatic heterocycles. The molecule has 0 N–H and O–H groups in total. The summed E-state index contributed by atoms with van der Waals surface area (Å²) in [5.41, 5.74) is 1.06. The quantitative estimate of drug-likeness (QED) is 0.529. The smallest absolute Gasteiger partial charge is 0.186 e. The number of rotatable bonds is 2. The van der Waals surface area contributed by atoms with Crippen LogP contribution in [0.3, 0.4) is 0 Å². The van der Waals surface area contributed by atoms with Gasteiger partial charge in [-0.05, 0) is 24.6 Å². The highest BCUT2D eigenvalue weighted by Gasteiger charge is 2.20. The normalized spacial score (nSPS) is 15.6. The molecule has 0 bridgehead atoms. The number of anilines is 2. The summed E-state index contributed by atoms with van der Waals surface area (Å²) in [4.78, 5) is 13.0. The first-order chi connectivity index (χ1) is 13.2. The zero-order chi connectivity index (χ0) is 18.4. The first kappa shape index (κ1) is 16.4. The molecule has 0 radical (unpaired) electrons. The van der Waals surface area contributed by atoms with Crippen LogP contribution in [0.1, 0.15) is 6.42 Å². The van der Waals surface area contributed by atoms with E-state index in [1.807, 2.05) is 18.3 Å². The lowest BCUT2D eigenvalue weighted by atomic mass is 10.3. The molecule has 0 saturated carbocycles. The third kappa shape index (κ3) is 2.97. The lowest BCUT2D eigenvalue weighted by Crippen LogP contribution is -2.31. The summed E-state index contributed by atoms with van der Waals surface area (Å²) < 4.78 is 29.7. The third-order valence-electron chi connectivity index (χ3n) is 4.73. The lowest BCUT2D eigenvalue weighted by molar-refractivity contribution is 0.591. The molecule has 0 amide bonds. The Morgan fingerprint density at radius 3 is 2.78 bits per heavy atom. The molecule has 0 atom stereocenters. The van der Waals surface area contributed by atoms with Crippen molar-refractivity contribution in [3.63, 3.8) is 0 Å². The summed E-state index contributed by atoms with van der Waals surface area (Å²) in [6.07, 6.45) is 4.49. The van der Waals surface area contributed by atoms with Gasteiger partial charge in [0.2, 0.25) is 0 Å². The average Bonchev–Trinajstić information content (AvgIpc) is 3.21. The molecule has 0 spiro atoms. The Labute approximate surface area is 157 Å². The molecule has 1 saturated heterocycles. The SMILES string of the molecule is Fc1cc(F)c2nc(N3CCCN(c4ccc5nccn5n4)CC3)sc2c1. The molecule has 5 rings (SSSR count). The highest BCUT2D eigenvalue weighted by molar-refractivity contribution is 7.22. The van der Waals surface area contributed by atoms with Gasteiger partial charge in [0.1, 0.15) is 17.2 Å². The van der Waals surface area contributed by atoms with Gasteiger partial charge in [-0.2, -0.15) is 0 Å². The van der Waals surface area contributed by atoms with Crippen LogP contribution in [0, 0.1) is 11.6 Å². The van der Waals surface area contributed by atoms with Crippen molar-refractivity contribution in [3.05, 3.63) is 48.3 Å². The molecule has 1 aliphatic rings. The average molecular weight is 386 g/mol. The van der Waals surface area contributed by atoms with Gasteiger partial charge >= 0.3 is 0 Å². The molecular weight excluding hydrogens is 370 g/mol. The van der Waals surface area contributed by atoms with Crippen molar-refractivity contribution in [3.8, 4) is 0 Å². The van der Waals surface area contributed by atoms with E-state index in [-0.39, 0.29) is 5.52 Å². The van der Waals surface area contributed by atoms with Gasteiger partial charge in [-0.1, -0.05) is 11.3 Å². The van der Waals surface area contributed by atoms with Crippen molar-refractivity contribution >= 4 is 38.2 Å². The van der Waals surface area contributed by atoms with E-state index >= 15 is 0 Å². The van der Waals surface area contributed by atoms with E-state index in [4.69, 9.17) is 0 Å². The largest absolute Gasteiger partial charge is 0.353 e. The van der Waals surface area contributed by atoms with Gasteiger partial charge in [-0.3, -0.25) is 0 Å². The van der Waals surface area contributed by atoms with Gasteiger partial charge in [0, 0.05) is 44.6 Å². The Morgan fingerprint density at radius 2 is 1.85 bits per heavy atom. The highest BCUT2D eigenvalue weighted by Crippen LogP contribution is 2.31. The second-order valence-corrected chi connectivity index (χ2v) is 7.49. The maximum atomic E-state index is 14.0. The van der Waals surface area contributed by atoms with Crippen LogP contribution in [0.2, 0.25) is 0 Å². The van der Waals surface area contributed by atoms with E-state index in [0.29, 0.717) is 4.70 Å². The van der Waals surface area contributed by atoms with Crippen LogP contribution in [-0.2, 0) is 0 Å². The zero-order valence-corrected chi connectivity index (χ0v) is 15.2. The molecule has 0 unspecified atom stereocenters. The van der Waals surface area contributed by atoms with E-state index in [1.54, 1.807) is 10.7 Å². The Kier molecular flexibility index (Phi) is 3.89. The van der Waals surface area contributed by atoms with Gasteiger partial charge in [0.15, 0.2) is 16.6 Å². The van der Waals surface area contributed by atoms with E-state index in [2.05, 4.69) is 24.9 Å². The molecule has 27 heavy (non-hydrogen) atoms. The summed E-state index contributed by atoms with van der Waals surface area (Å²) >= 11 is 1.33. The summed E-state index contributed by atoms with van der Waals surface area (Å²) in [5, 5.41) is 5.34. The third-order valence-corrected chi connectivity index (χ3v) is 5.80. The fraction of sp³-hybridized carbons (Fsp3) is 0.278. The first-order valence-corrected chi connectivity index (χ1v) is 9.55. The van der Waals surface area contributed by atoms with E-state index < -0.39 is 11.6 Å². The zero-order valence-electron chi connectivity index (χ0n) is 14.3. The minimum Gasteiger partial charge on any atom is -0.353 e. The number of fused-ring (bicyclic) bond motifs is 2. The van der Waals surface area contributed by atoms with Crippen molar-refractivity contribution in [2.75, 3.05) is 36.0 Å². The lowest BCUT2D eigenvalue weighted by Gasteiger charge is -2.22. The number of hydrogen-bond donors (Lipinski definition) is 0. The number of nitrogens with zero attached hydrogens (tertiary/aromatic N) is 6. The Balaban J connectivity index is 1.38. The fourth-order valence-corrected chi connectivity index (χ4v) is 4.45. The second-order valence-electron chi connectivity index (χ2n) is 6.48. The van der Waals surface area contributed by atoms with Crippen molar-refractivity contribution in [1.82, 2.24) is 19.6 Å². The van der Waals surface area contributed by atoms with Crippen LogP contribution >= 0.6 is 11.3 Å². The number of thiazole rings is 1. The van der Waals surface area contributed by atoms with Crippen molar-refractivity contribution in [1.29, 1.82) is 0 Å². The molecule has 1 aliphatic heterocycles. The van der Waals surface area contributed by atoms with Crippen molar-refractivity contribution in [2.24, 2.45) is 0 Å². The predicted octanol–water partition coefficient (Wildman–Crippen LogP) is 3.33. The second kappa shape index (κ2) is 6.41. The summed E-state index contributed by atoms with van der Waals surface area (Å²) in [6.45, 7) is 3.21. The molecule has 138 valence electrons. The van der Waals surface area contributed by atoms with Gasteiger partial charge in [0.25, 0.3) is 0 Å². The number of imidazole rings is 1. The number of aromatic nitrogens is 4. The molecule has 4 heterocycles. The first-order valence-electron chi connectivity index (χ1n) is 8.73. The molecule has 9 heteroatoms. The van der Waals surface area contributed by atoms with Crippen LogP contribution in [0.15, 0.2) is 36.7 Å². The van der Waals surface area contributed by atoms with Crippen LogP contribution < -0.4 is 9.80 Å². The standard InChI is InChI=1S/C18H16F2N6S/c19-12-10-13(20)17-14(11-12)27-18(22-17)25-6-1-5-24(8-9-25)16-3-2-15-21-4-7-26(15)23-16/h2-4,7,10-11H,1,5-6,8-9H2. The Hall–Kier alpha value is -2.81. The van der Waals surface area contributed by atoms with Crippen LogP contribution in [-0.4, -0.2) is 45.8 Å². The molecule has 6 nitrogen and oxygen atoms in total. The maximum Gasteiger partial charge on any atom is 0.186 e. The summed E-state index contributed by atoms with van der Waals surface area (Å²) in [5.74, 6) is -0.278. The van der Waals surface area contributed by atoms with Gasteiger partial charge in [0.05, 0.1) is 4.70 Å². The van der Waals surface area contributed by atoms with E-state index in [0.717, 1.165) is 55.3 Å². The van der Waals surface area contributed by atoms with Gasteiger partial charge in [-0.25, -0.2) is 23.3 Å². The van der Waals surface area contributed by atoms with Crippen LogP contribution in [0.5, 0.6) is 0 Å². The topological polar surface area (TPSA) is 49.6 Å². The number of benzene rings is 1. The molecular formula is C18H16F2N6S.